The van der Waals surface area contributed by atoms with Gasteiger partial charge >= 0.3 is 0 Å². The van der Waals surface area contributed by atoms with Crippen molar-refractivity contribution in [3.63, 3.8) is 0 Å². The molecule has 0 saturated carbocycles. The van der Waals surface area contributed by atoms with Crippen LogP contribution in [0.3, 0.4) is 0 Å². The van der Waals surface area contributed by atoms with E-state index in [4.69, 9.17) is 23.2 Å². The maximum atomic E-state index is 13.5. The minimum atomic E-state index is -3.99. The van der Waals surface area contributed by atoms with Gasteiger partial charge in [0.25, 0.3) is 10.0 Å². The fourth-order valence-corrected chi connectivity index (χ4v) is 4.96. The highest BCUT2D eigenvalue weighted by atomic mass is 35.5. The number of amides is 1. The van der Waals surface area contributed by atoms with Gasteiger partial charge in [-0.3, -0.25) is 9.10 Å². The van der Waals surface area contributed by atoms with Gasteiger partial charge in [0.2, 0.25) is 5.91 Å². The van der Waals surface area contributed by atoms with Gasteiger partial charge in [0.1, 0.15) is 6.54 Å². The van der Waals surface area contributed by atoms with Gasteiger partial charge in [-0.1, -0.05) is 59.1 Å². The Balaban J connectivity index is 1.82. The third kappa shape index (κ3) is 5.82. The number of carbonyl (C=O) groups is 1. The first-order valence-corrected chi connectivity index (χ1v) is 12.2. The normalized spacial score (nSPS) is 11.2. The van der Waals surface area contributed by atoms with E-state index >= 15 is 0 Å². The molecule has 1 amide bonds. The number of nitrogens with one attached hydrogen (secondary N) is 1. The molecule has 0 aliphatic carbocycles. The second kappa shape index (κ2) is 10.4. The highest BCUT2D eigenvalue weighted by Crippen LogP contribution is 2.30. The molecule has 0 aliphatic heterocycles. The van der Waals surface area contributed by atoms with Gasteiger partial charge in [0, 0.05) is 16.6 Å². The average molecular weight is 491 g/mol. The van der Waals surface area contributed by atoms with Crippen LogP contribution in [0.25, 0.3) is 0 Å². The number of carbonyl (C=O) groups excluding carboxylic acids is 1. The number of halogens is 2. The predicted molar refractivity (Wildman–Crippen MR) is 130 cm³/mol. The summed E-state index contributed by atoms with van der Waals surface area (Å²) >= 11 is 12.1. The number of nitrogens with zero attached hydrogens (tertiary/aromatic N) is 1. The Morgan fingerprint density at radius 3 is 2.25 bits per heavy atom. The van der Waals surface area contributed by atoms with Crippen molar-refractivity contribution in [3.8, 4) is 0 Å². The Hall–Kier alpha value is -2.54. The highest BCUT2D eigenvalue weighted by Gasteiger charge is 2.28. The van der Waals surface area contributed by atoms with E-state index in [1.165, 1.54) is 12.1 Å². The van der Waals surface area contributed by atoms with Gasteiger partial charge in [-0.25, -0.2) is 8.42 Å². The van der Waals surface area contributed by atoms with Crippen LogP contribution in [0.4, 0.5) is 5.69 Å². The molecule has 3 aromatic rings. The van der Waals surface area contributed by atoms with Crippen molar-refractivity contribution in [2.24, 2.45) is 0 Å². The lowest BCUT2D eigenvalue weighted by atomic mass is 10.1. The van der Waals surface area contributed by atoms with Crippen molar-refractivity contribution in [2.45, 2.75) is 25.2 Å². The number of rotatable bonds is 8. The summed E-state index contributed by atoms with van der Waals surface area (Å²) in [6.45, 7) is 3.61. The molecule has 0 fully saturated rings. The molecule has 0 spiro atoms. The summed E-state index contributed by atoms with van der Waals surface area (Å²) in [4.78, 5) is 12.8. The Labute approximate surface area is 199 Å². The molecule has 0 aromatic heterocycles. The van der Waals surface area contributed by atoms with Crippen molar-refractivity contribution in [3.05, 3.63) is 93.5 Å². The van der Waals surface area contributed by atoms with Crippen LogP contribution >= 0.6 is 23.2 Å². The van der Waals surface area contributed by atoms with Gasteiger partial charge in [0.15, 0.2) is 0 Å². The summed E-state index contributed by atoms with van der Waals surface area (Å²) in [5, 5.41) is 3.87. The van der Waals surface area contributed by atoms with Gasteiger partial charge < -0.3 is 5.32 Å². The zero-order valence-electron chi connectivity index (χ0n) is 17.8. The molecule has 8 heteroatoms. The monoisotopic (exact) mass is 490 g/mol. The first-order valence-electron chi connectivity index (χ1n) is 10.0. The summed E-state index contributed by atoms with van der Waals surface area (Å²) in [5.41, 5.74) is 2.91. The Bertz CT molecular complexity index is 1190. The van der Waals surface area contributed by atoms with E-state index in [0.29, 0.717) is 34.3 Å². The molecule has 1 N–H and O–H groups in total. The zero-order chi connectivity index (χ0) is 23.3. The summed E-state index contributed by atoms with van der Waals surface area (Å²) < 4.78 is 28.0. The molecular formula is C24H24Cl2N2O3S. The molecule has 0 bridgehead atoms. The molecule has 3 rings (SSSR count). The number of hydrogen-bond donors (Lipinski definition) is 1. The maximum absolute atomic E-state index is 13.5. The highest BCUT2D eigenvalue weighted by molar-refractivity contribution is 7.92. The first kappa shape index (κ1) is 24.1. The zero-order valence-corrected chi connectivity index (χ0v) is 20.1. The Morgan fingerprint density at radius 1 is 0.938 bits per heavy atom. The van der Waals surface area contributed by atoms with Crippen LogP contribution in [0, 0.1) is 13.8 Å². The van der Waals surface area contributed by atoms with Crippen molar-refractivity contribution < 1.29 is 13.2 Å². The van der Waals surface area contributed by atoms with Crippen LogP contribution < -0.4 is 9.62 Å². The molecule has 5 nitrogen and oxygen atoms in total. The molecule has 168 valence electrons. The lowest BCUT2D eigenvalue weighted by Crippen LogP contribution is -2.41. The molecule has 0 heterocycles. The van der Waals surface area contributed by atoms with Crippen molar-refractivity contribution in [2.75, 3.05) is 17.4 Å². The minimum absolute atomic E-state index is 0.108. The second-order valence-electron chi connectivity index (χ2n) is 7.44. The number of benzene rings is 3. The van der Waals surface area contributed by atoms with Crippen LogP contribution in [-0.2, 0) is 21.2 Å². The first-order chi connectivity index (χ1) is 15.2. The van der Waals surface area contributed by atoms with Gasteiger partial charge in [-0.2, -0.15) is 0 Å². The molecule has 0 unspecified atom stereocenters. The van der Waals surface area contributed by atoms with Gasteiger partial charge in [0.05, 0.1) is 10.6 Å². The van der Waals surface area contributed by atoms with E-state index in [9.17, 15) is 13.2 Å². The molecule has 32 heavy (non-hydrogen) atoms. The molecule has 0 radical (unpaired) electrons. The van der Waals surface area contributed by atoms with Crippen LogP contribution in [0.1, 0.15) is 16.7 Å². The van der Waals surface area contributed by atoms with E-state index in [1.54, 1.807) is 49.4 Å². The number of hydrogen-bond acceptors (Lipinski definition) is 3. The number of sulfonamides is 1. The van der Waals surface area contributed by atoms with E-state index in [2.05, 4.69) is 5.32 Å². The summed E-state index contributed by atoms with van der Waals surface area (Å²) in [7, 11) is -3.99. The molecule has 0 aliphatic rings. The molecular weight excluding hydrogens is 467 g/mol. The van der Waals surface area contributed by atoms with E-state index in [1.807, 2.05) is 19.1 Å². The van der Waals surface area contributed by atoms with Crippen LogP contribution in [0.2, 0.25) is 10.0 Å². The number of aryl methyl sites for hydroxylation is 1. The quantitative estimate of drug-likeness (QED) is 0.473. The van der Waals surface area contributed by atoms with Crippen LogP contribution in [-0.4, -0.2) is 27.4 Å². The summed E-state index contributed by atoms with van der Waals surface area (Å²) in [6, 6.07) is 18.9. The Morgan fingerprint density at radius 2 is 1.59 bits per heavy atom. The molecule has 0 atom stereocenters. The van der Waals surface area contributed by atoms with Gasteiger partial charge in [-0.05, 0) is 67.8 Å². The third-order valence-electron chi connectivity index (χ3n) is 5.05. The molecule has 0 saturated heterocycles. The topological polar surface area (TPSA) is 66.5 Å². The second-order valence-corrected chi connectivity index (χ2v) is 10.1. The lowest BCUT2D eigenvalue weighted by Gasteiger charge is -2.26. The van der Waals surface area contributed by atoms with Crippen molar-refractivity contribution >= 4 is 44.8 Å². The lowest BCUT2D eigenvalue weighted by molar-refractivity contribution is -0.119. The Kier molecular flexibility index (Phi) is 7.82. The maximum Gasteiger partial charge on any atom is 0.264 e. The predicted octanol–water partition coefficient (Wildman–Crippen LogP) is 5.16. The fraction of sp³-hybridized carbons (Fsp3) is 0.208. The summed E-state index contributed by atoms with van der Waals surface area (Å²) in [5.74, 6) is -0.408. The third-order valence-corrected chi connectivity index (χ3v) is 7.49. The average Bonchev–Trinajstić information content (AvgIpc) is 2.76. The SMILES string of the molecule is Cc1ccc(S(=O)(=O)N(CC(=O)NCCc2ccc(Cl)cc2)c2cccc(Cl)c2C)cc1. The fourth-order valence-electron chi connectivity index (χ4n) is 3.19. The minimum Gasteiger partial charge on any atom is -0.354 e. The van der Waals surface area contributed by atoms with Crippen molar-refractivity contribution in [1.29, 1.82) is 0 Å². The molecule has 3 aromatic carbocycles. The van der Waals surface area contributed by atoms with Crippen LogP contribution in [0.5, 0.6) is 0 Å². The number of anilines is 1. The van der Waals surface area contributed by atoms with E-state index in [0.717, 1.165) is 15.4 Å². The van der Waals surface area contributed by atoms with Gasteiger partial charge in [-0.15, -0.1) is 0 Å². The van der Waals surface area contributed by atoms with E-state index in [-0.39, 0.29) is 11.4 Å². The largest absolute Gasteiger partial charge is 0.354 e. The van der Waals surface area contributed by atoms with E-state index < -0.39 is 15.9 Å². The summed E-state index contributed by atoms with van der Waals surface area (Å²) in [6.07, 6.45) is 0.601. The van der Waals surface area contributed by atoms with Crippen LogP contribution in [0.15, 0.2) is 71.6 Å². The smallest absolute Gasteiger partial charge is 0.264 e. The van der Waals surface area contributed by atoms with Crippen molar-refractivity contribution in [1.82, 2.24) is 5.32 Å². The standard InChI is InChI=1S/C24H24Cl2N2O3S/c1-17-6-12-21(13-7-17)32(30,31)28(23-5-3-4-22(26)18(23)2)16-24(29)27-15-14-19-8-10-20(25)11-9-19/h3-13H,14-16H2,1-2H3,(H,27,29).